The number of carbonyl (C=O) groups excluding carboxylic acids is 2. The molecular formula is C12H16F6N2O3. The molecule has 1 aliphatic heterocycles. The maximum absolute atomic E-state index is 12.3. The topological polar surface area (TPSA) is 72.6 Å². The van der Waals surface area contributed by atoms with Crippen molar-refractivity contribution in [3.63, 3.8) is 0 Å². The Morgan fingerprint density at radius 3 is 1.74 bits per heavy atom. The molecule has 2 aliphatic rings. The number of nitrogens with zero attached hydrogens (tertiary/aromatic N) is 1. The molecule has 0 unspecified atom stereocenters. The first-order valence-electron chi connectivity index (χ1n) is 6.69. The van der Waals surface area contributed by atoms with E-state index in [4.69, 9.17) is 4.79 Å². The SMILES string of the molecule is NC=O.O=C(OC(C(F)(F)F)C(F)(F)F)N1CCC2(CC1)CC2. The number of ether oxygens (including phenoxy) is 1. The molecule has 0 aromatic rings. The molecule has 0 aromatic carbocycles. The third-order valence-corrected chi connectivity index (χ3v) is 3.85. The maximum atomic E-state index is 12.3. The molecule has 1 saturated heterocycles. The van der Waals surface area contributed by atoms with Gasteiger partial charge in [-0.3, -0.25) is 4.79 Å². The van der Waals surface area contributed by atoms with E-state index in [1.54, 1.807) is 0 Å². The molecule has 0 bridgehead atoms. The molecule has 1 heterocycles. The van der Waals surface area contributed by atoms with Gasteiger partial charge in [-0.25, -0.2) is 4.79 Å². The normalized spacial score (nSPS) is 19.9. The molecule has 1 aliphatic carbocycles. The van der Waals surface area contributed by atoms with Gasteiger partial charge >= 0.3 is 18.4 Å². The molecule has 5 nitrogen and oxygen atoms in total. The Balaban J connectivity index is 0.000000816. The minimum absolute atomic E-state index is 0.140. The second-order valence-corrected chi connectivity index (χ2v) is 5.47. The van der Waals surface area contributed by atoms with E-state index in [1.807, 2.05) is 0 Å². The Morgan fingerprint density at radius 2 is 1.43 bits per heavy atom. The maximum Gasteiger partial charge on any atom is 0.434 e. The van der Waals surface area contributed by atoms with E-state index in [0.29, 0.717) is 12.8 Å². The summed E-state index contributed by atoms with van der Waals surface area (Å²) in [5, 5.41) is 0. The summed E-state index contributed by atoms with van der Waals surface area (Å²) in [6.45, 7) is 0.280. The van der Waals surface area contributed by atoms with Gasteiger partial charge in [-0.1, -0.05) is 0 Å². The first-order chi connectivity index (χ1) is 10.4. The van der Waals surface area contributed by atoms with Gasteiger partial charge in [0.25, 0.3) is 6.10 Å². The molecule has 1 spiro atoms. The highest BCUT2D eigenvalue weighted by Crippen LogP contribution is 2.53. The lowest BCUT2D eigenvalue weighted by atomic mass is 9.94. The van der Waals surface area contributed by atoms with Crippen molar-refractivity contribution in [1.29, 1.82) is 0 Å². The summed E-state index contributed by atoms with van der Waals surface area (Å²) < 4.78 is 77.2. The number of rotatable bonds is 1. The predicted molar refractivity (Wildman–Crippen MR) is 65.1 cm³/mol. The number of primary amides is 1. The van der Waals surface area contributed by atoms with Gasteiger partial charge in [-0.2, -0.15) is 26.3 Å². The van der Waals surface area contributed by atoms with Crippen molar-refractivity contribution < 1.29 is 40.7 Å². The summed E-state index contributed by atoms with van der Waals surface area (Å²) in [6.07, 6.45) is -13.5. The Morgan fingerprint density at radius 1 is 1.04 bits per heavy atom. The molecule has 0 radical (unpaired) electrons. The lowest BCUT2D eigenvalue weighted by Gasteiger charge is -2.33. The minimum atomic E-state index is -5.67. The fourth-order valence-corrected chi connectivity index (χ4v) is 2.33. The van der Waals surface area contributed by atoms with Crippen molar-refractivity contribution in [3.8, 4) is 0 Å². The Hall–Kier alpha value is -1.68. The number of alkyl halides is 6. The Bertz CT molecular complexity index is 409. The number of halogens is 6. The summed E-state index contributed by atoms with van der Waals surface area (Å²) in [6, 6.07) is 0. The highest BCUT2D eigenvalue weighted by molar-refractivity contribution is 5.68. The van der Waals surface area contributed by atoms with Crippen LogP contribution in [-0.4, -0.2) is 48.9 Å². The van der Waals surface area contributed by atoms with Crippen LogP contribution in [0, 0.1) is 5.41 Å². The number of hydrogen-bond acceptors (Lipinski definition) is 3. The second kappa shape index (κ2) is 6.83. The van der Waals surface area contributed by atoms with Crippen LogP contribution < -0.4 is 5.73 Å². The van der Waals surface area contributed by atoms with Gasteiger partial charge in [0.1, 0.15) is 0 Å². The van der Waals surface area contributed by atoms with Crippen LogP contribution in [0.2, 0.25) is 0 Å². The fourth-order valence-electron chi connectivity index (χ4n) is 2.33. The standard InChI is InChI=1S/C11H13F6NO2.CH3NO/c12-10(13,14)7(11(15,16)17)20-8(19)18-5-3-9(1-2-9)4-6-18;2-1-3/h7H,1-6H2;1H,(H2,2,3). The molecular weight excluding hydrogens is 334 g/mol. The molecule has 2 rings (SSSR count). The average Bonchev–Trinajstić information content (AvgIpc) is 3.14. The highest BCUT2D eigenvalue weighted by Gasteiger charge is 2.60. The highest BCUT2D eigenvalue weighted by atomic mass is 19.4. The molecule has 0 atom stereocenters. The quantitative estimate of drug-likeness (QED) is 0.584. The predicted octanol–water partition coefficient (Wildman–Crippen LogP) is 2.59. The van der Waals surface area contributed by atoms with Gasteiger partial charge in [0.05, 0.1) is 0 Å². The van der Waals surface area contributed by atoms with E-state index < -0.39 is 24.5 Å². The number of carbonyl (C=O) groups is 2. The monoisotopic (exact) mass is 350 g/mol. The largest absolute Gasteiger partial charge is 0.434 e. The van der Waals surface area contributed by atoms with Gasteiger partial charge in [-0.05, 0) is 31.1 Å². The van der Waals surface area contributed by atoms with Crippen LogP contribution >= 0.6 is 0 Å². The molecule has 11 heteroatoms. The van der Waals surface area contributed by atoms with Crippen LogP contribution in [0.15, 0.2) is 0 Å². The number of nitrogens with two attached hydrogens (primary N) is 1. The van der Waals surface area contributed by atoms with E-state index in [0.717, 1.165) is 17.7 Å². The summed E-state index contributed by atoms with van der Waals surface area (Å²) in [5.74, 6) is 0. The Labute approximate surface area is 127 Å². The fraction of sp³-hybridized carbons (Fsp3) is 0.833. The van der Waals surface area contributed by atoms with Crippen LogP contribution in [0.1, 0.15) is 25.7 Å². The van der Waals surface area contributed by atoms with Crippen LogP contribution in [0.3, 0.4) is 0 Å². The lowest BCUT2D eigenvalue weighted by Crippen LogP contribution is -2.49. The molecule has 134 valence electrons. The van der Waals surface area contributed by atoms with Crippen LogP contribution in [-0.2, 0) is 9.53 Å². The zero-order valence-electron chi connectivity index (χ0n) is 11.9. The van der Waals surface area contributed by atoms with Crippen molar-refractivity contribution in [2.75, 3.05) is 13.1 Å². The number of likely N-dealkylation sites (tertiary alicyclic amines) is 1. The zero-order chi connectivity index (χ0) is 17.9. The van der Waals surface area contributed by atoms with Crippen LogP contribution in [0.5, 0.6) is 0 Å². The molecule has 1 saturated carbocycles. The number of amides is 2. The van der Waals surface area contributed by atoms with Crippen molar-refractivity contribution in [2.24, 2.45) is 11.1 Å². The zero-order valence-corrected chi connectivity index (χ0v) is 11.9. The van der Waals surface area contributed by atoms with E-state index in [2.05, 4.69) is 10.5 Å². The smallest absolute Gasteiger partial charge is 0.426 e. The van der Waals surface area contributed by atoms with E-state index in [9.17, 15) is 31.1 Å². The van der Waals surface area contributed by atoms with Crippen molar-refractivity contribution in [1.82, 2.24) is 4.90 Å². The van der Waals surface area contributed by atoms with Crippen molar-refractivity contribution in [2.45, 2.75) is 44.1 Å². The van der Waals surface area contributed by atoms with Gasteiger partial charge in [0.2, 0.25) is 6.41 Å². The summed E-state index contributed by atoms with van der Waals surface area (Å²) in [5.41, 5.74) is 4.32. The Kier molecular flexibility index (Phi) is 5.75. The first kappa shape index (κ1) is 19.4. The van der Waals surface area contributed by atoms with E-state index in [1.165, 1.54) is 0 Å². The van der Waals surface area contributed by atoms with Crippen molar-refractivity contribution in [3.05, 3.63) is 0 Å². The molecule has 23 heavy (non-hydrogen) atoms. The first-order valence-corrected chi connectivity index (χ1v) is 6.69. The van der Waals surface area contributed by atoms with Gasteiger partial charge in [0, 0.05) is 13.1 Å². The summed E-state index contributed by atoms with van der Waals surface area (Å²) in [4.78, 5) is 20.9. The lowest BCUT2D eigenvalue weighted by molar-refractivity contribution is -0.308. The summed E-state index contributed by atoms with van der Waals surface area (Å²) in [7, 11) is 0. The van der Waals surface area contributed by atoms with E-state index >= 15 is 0 Å². The minimum Gasteiger partial charge on any atom is -0.426 e. The average molecular weight is 350 g/mol. The van der Waals surface area contributed by atoms with Gasteiger partial charge in [0.15, 0.2) is 0 Å². The molecule has 2 N–H and O–H groups in total. The molecule has 2 amide bonds. The third kappa shape index (κ3) is 5.47. The van der Waals surface area contributed by atoms with Crippen LogP contribution in [0.25, 0.3) is 0 Å². The number of hydrogen-bond donors (Lipinski definition) is 1. The summed E-state index contributed by atoms with van der Waals surface area (Å²) >= 11 is 0. The van der Waals surface area contributed by atoms with Gasteiger partial charge in [-0.15, -0.1) is 0 Å². The number of piperidine rings is 1. The molecule has 2 fully saturated rings. The van der Waals surface area contributed by atoms with Gasteiger partial charge < -0.3 is 15.4 Å². The van der Waals surface area contributed by atoms with Crippen molar-refractivity contribution >= 4 is 12.5 Å². The van der Waals surface area contributed by atoms with Crippen LogP contribution in [0.4, 0.5) is 31.1 Å². The molecule has 0 aromatic heterocycles. The van der Waals surface area contributed by atoms with E-state index in [-0.39, 0.29) is 24.9 Å². The second-order valence-electron chi connectivity index (χ2n) is 5.47. The third-order valence-electron chi connectivity index (χ3n) is 3.85.